The topological polar surface area (TPSA) is 20.2 Å². The Bertz CT molecular complexity index is 279. The fourth-order valence-electron chi connectivity index (χ4n) is 1.19. The van der Waals surface area contributed by atoms with Gasteiger partial charge in [0.05, 0.1) is 4.47 Å². The standard InChI is InChI=1S/C9H9BrO/c10-8-5-7(6-1-2-6)3-4-9(8)11/h3-6,11H,1-2H2. The monoisotopic (exact) mass is 212 g/mol. The molecule has 1 aromatic carbocycles. The van der Waals surface area contributed by atoms with Crippen molar-refractivity contribution in [2.24, 2.45) is 0 Å². The highest BCUT2D eigenvalue weighted by Gasteiger charge is 2.23. The summed E-state index contributed by atoms with van der Waals surface area (Å²) in [6.07, 6.45) is 2.61. The quantitative estimate of drug-likeness (QED) is 0.760. The van der Waals surface area contributed by atoms with Crippen LogP contribution in [0.25, 0.3) is 0 Å². The van der Waals surface area contributed by atoms with E-state index in [0.29, 0.717) is 5.75 Å². The highest BCUT2D eigenvalue weighted by Crippen LogP contribution is 2.41. The maximum absolute atomic E-state index is 9.20. The summed E-state index contributed by atoms with van der Waals surface area (Å²) in [5, 5.41) is 9.20. The first-order valence-electron chi connectivity index (χ1n) is 3.76. The smallest absolute Gasteiger partial charge is 0.129 e. The van der Waals surface area contributed by atoms with Gasteiger partial charge in [0.1, 0.15) is 5.75 Å². The lowest BCUT2D eigenvalue weighted by Gasteiger charge is -1.99. The third-order valence-corrected chi connectivity index (χ3v) is 2.66. The van der Waals surface area contributed by atoms with Crippen molar-refractivity contribution in [3.63, 3.8) is 0 Å². The molecule has 0 bridgehead atoms. The third-order valence-electron chi connectivity index (χ3n) is 2.02. The minimum absolute atomic E-state index is 0.328. The Morgan fingerprint density at radius 1 is 1.36 bits per heavy atom. The minimum Gasteiger partial charge on any atom is -0.507 e. The van der Waals surface area contributed by atoms with E-state index in [0.717, 1.165) is 10.4 Å². The average molecular weight is 213 g/mol. The molecule has 0 aliphatic heterocycles. The molecule has 2 rings (SSSR count). The zero-order valence-corrected chi connectivity index (χ0v) is 7.63. The summed E-state index contributed by atoms with van der Waals surface area (Å²) in [7, 11) is 0. The first-order valence-corrected chi connectivity index (χ1v) is 4.55. The van der Waals surface area contributed by atoms with Crippen molar-refractivity contribution in [3.05, 3.63) is 28.2 Å². The second-order valence-corrected chi connectivity index (χ2v) is 3.84. The van der Waals surface area contributed by atoms with Crippen LogP contribution in [-0.2, 0) is 0 Å². The normalized spacial score (nSPS) is 16.8. The summed E-state index contributed by atoms with van der Waals surface area (Å²) in [6.45, 7) is 0. The molecule has 1 fully saturated rings. The number of hydrogen-bond donors (Lipinski definition) is 1. The molecule has 1 aromatic rings. The summed E-state index contributed by atoms with van der Waals surface area (Å²) in [6, 6.07) is 5.75. The van der Waals surface area contributed by atoms with Gasteiger partial charge >= 0.3 is 0 Å². The van der Waals surface area contributed by atoms with Crippen LogP contribution >= 0.6 is 15.9 Å². The molecule has 0 atom stereocenters. The van der Waals surface area contributed by atoms with Crippen LogP contribution in [0.4, 0.5) is 0 Å². The number of halogens is 1. The van der Waals surface area contributed by atoms with Gasteiger partial charge in [-0.1, -0.05) is 6.07 Å². The molecule has 0 spiro atoms. The van der Waals surface area contributed by atoms with E-state index >= 15 is 0 Å². The Morgan fingerprint density at radius 2 is 2.09 bits per heavy atom. The van der Waals surface area contributed by atoms with Crippen molar-refractivity contribution in [2.75, 3.05) is 0 Å². The molecule has 1 saturated carbocycles. The van der Waals surface area contributed by atoms with Gasteiger partial charge in [0.25, 0.3) is 0 Å². The summed E-state index contributed by atoms with van der Waals surface area (Å²) < 4.78 is 0.807. The second-order valence-electron chi connectivity index (χ2n) is 2.99. The molecule has 0 unspecified atom stereocenters. The lowest BCUT2D eigenvalue weighted by molar-refractivity contribution is 0.471. The van der Waals surface area contributed by atoms with E-state index in [-0.39, 0.29) is 0 Å². The van der Waals surface area contributed by atoms with Crippen molar-refractivity contribution in [1.82, 2.24) is 0 Å². The van der Waals surface area contributed by atoms with Crippen LogP contribution in [0.5, 0.6) is 5.75 Å². The van der Waals surface area contributed by atoms with Gasteiger partial charge in [-0.15, -0.1) is 0 Å². The molecule has 11 heavy (non-hydrogen) atoms. The zero-order chi connectivity index (χ0) is 7.84. The van der Waals surface area contributed by atoms with Crippen molar-refractivity contribution >= 4 is 15.9 Å². The number of aromatic hydroxyl groups is 1. The Kier molecular flexibility index (Phi) is 1.64. The lowest BCUT2D eigenvalue weighted by atomic mass is 10.1. The van der Waals surface area contributed by atoms with Crippen LogP contribution in [0.2, 0.25) is 0 Å². The number of rotatable bonds is 1. The molecular formula is C9H9BrO. The largest absolute Gasteiger partial charge is 0.507 e. The van der Waals surface area contributed by atoms with Crippen LogP contribution < -0.4 is 0 Å². The molecule has 1 N–H and O–H groups in total. The molecule has 0 radical (unpaired) electrons. The Labute approximate surface area is 74.2 Å². The first kappa shape index (κ1) is 7.17. The number of phenolic OH excluding ortho intramolecular Hbond substituents is 1. The molecule has 1 aliphatic rings. The number of benzene rings is 1. The van der Waals surface area contributed by atoms with Gasteiger partial charge in [-0.25, -0.2) is 0 Å². The predicted octanol–water partition coefficient (Wildman–Crippen LogP) is 3.03. The summed E-state index contributed by atoms with van der Waals surface area (Å²) >= 11 is 3.29. The summed E-state index contributed by atoms with van der Waals surface area (Å²) in [5.74, 6) is 1.08. The summed E-state index contributed by atoms with van der Waals surface area (Å²) in [5.41, 5.74) is 1.34. The molecular weight excluding hydrogens is 204 g/mol. The van der Waals surface area contributed by atoms with Gasteiger partial charge in [0.2, 0.25) is 0 Å². The van der Waals surface area contributed by atoms with E-state index in [1.54, 1.807) is 6.07 Å². The van der Waals surface area contributed by atoms with Gasteiger partial charge in [0, 0.05) is 0 Å². The van der Waals surface area contributed by atoms with Crippen LogP contribution in [-0.4, -0.2) is 5.11 Å². The van der Waals surface area contributed by atoms with Crippen LogP contribution in [0.15, 0.2) is 22.7 Å². The molecule has 0 heterocycles. The van der Waals surface area contributed by atoms with Crippen LogP contribution in [0.1, 0.15) is 24.3 Å². The molecule has 0 amide bonds. The minimum atomic E-state index is 0.328. The highest BCUT2D eigenvalue weighted by molar-refractivity contribution is 9.10. The van der Waals surface area contributed by atoms with E-state index in [4.69, 9.17) is 0 Å². The molecule has 2 heteroatoms. The summed E-state index contributed by atoms with van der Waals surface area (Å²) in [4.78, 5) is 0. The van der Waals surface area contributed by atoms with Crippen molar-refractivity contribution < 1.29 is 5.11 Å². The van der Waals surface area contributed by atoms with Crippen LogP contribution in [0.3, 0.4) is 0 Å². The van der Waals surface area contributed by atoms with Crippen molar-refractivity contribution in [1.29, 1.82) is 0 Å². The van der Waals surface area contributed by atoms with E-state index in [2.05, 4.69) is 15.9 Å². The van der Waals surface area contributed by atoms with E-state index in [1.165, 1.54) is 18.4 Å². The first-order chi connectivity index (χ1) is 5.27. The van der Waals surface area contributed by atoms with E-state index < -0.39 is 0 Å². The molecule has 1 nitrogen and oxygen atoms in total. The fraction of sp³-hybridized carbons (Fsp3) is 0.333. The van der Waals surface area contributed by atoms with Gasteiger partial charge in [-0.2, -0.15) is 0 Å². The Morgan fingerprint density at radius 3 is 2.64 bits per heavy atom. The number of hydrogen-bond acceptors (Lipinski definition) is 1. The van der Waals surface area contributed by atoms with Crippen LogP contribution in [0, 0.1) is 0 Å². The van der Waals surface area contributed by atoms with E-state index in [1.807, 2.05) is 12.1 Å². The van der Waals surface area contributed by atoms with E-state index in [9.17, 15) is 5.11 Å². The third kappa shape index (κ3) is 1.41. The second kappa shape index (κ2) is 2.52. The predicted molar refractivity (Wildman–Crippen MR) is 47.8 cm³/mol. The Balaban J connectivity index is 2.36. The van der Waals surface area contributed by atoms with Gasteiger partial charge < -0.3 is 5.11 Å². The maximum atomic E-state index is 9.20. The van der Waals surface area contributed by atoms with Gasteiger partial charge in [-0.3, -0.25) is 0 Å². The SMILES string of the molecule is Oc1ccc(C2CC2)cc1Br. The van der Waals surface area contributed by atoms with Gasteiger partial charge in [-0.05, 0) is 52.4 Å². The number of phenols is 1. The van der Waals surface area contributed by atoms with Crippen molar-refractivity contribution in [2.45, 2.75) is 18.8 Å². The molecule has 58 valence electrons. The lowest BCUT2D eigenvalue weighted by Crippen LogP contribution is -1.78. The van der Waals surface area contributed by atoms with Crippen molar-refractivity contribution in [3.8, 4) is 5.75 Å². The average Bonchev–Trinajstić information content (AvgIpc) is 2.77. The maximum Gasteiger partial charge on any atom is 0.129 e. The molecule has 0 saturated heterocycles. The Hall–Kier alpha value is -0.500. The van der Waals surface area contributed by atoms with Gasteiger partial charge in [0.15, 0.2) is 0 Å². The molecule has 0 aromatic heterocycles. The zero-order valence-electron chi connectivity index (χ0n) is 6.05. The highest BCUT2D eigenvalue weighted by atomic mass is 79.9. The molecule has 1 aliphatic carbocycles. The fourth-order valence-corrected chi connectivity index (χ4v) is 1.59.